The van der Waals surface area contributed by atoms with Gasteiger partial charge in [0.1, 0.15) is 6.07 Å². The summed E-state index contributed by atoms with van der Waals surface area (Å²) in [5, 5.41) is 9.08. The molecule has 2 N–H and O–H groups in total. The zero-order valence-corrected chi connectivity index (χ0v) is 11.2. The average Bonchev–Trinajstić information content (AvgIpc) is 2.47. The van der Waals surface area contributed by atoms with Crippen molar-refractivity contribution in [1.82, 2.24) is 0 Å². The Morgan fingerprint density at radius 3 is 2.50 bits per heavy atom. The third-order valence-electron chi connectivity index (χ3n) is 2.77. The molecular formula is C15H10N2O2S. The number of terminal acetylenes is 1. The van der Waals surface area contributed by atoms with Crippen LogP contribution >= 0.6 is 0 Å². The third-order valence-corrected chi connectivity index (χ3v) is 4.56. The van der Waals surface area contributed by atoms with Crippen LogP contribution in [0.4, 0.5) is 5.69 Å². The number of hydrogen-bond acceptors (Lipinski definition) is 4. The first-order valence-corrected chi connectivity index (χ1v) is 7.09. The fraction of sp³-hybridized carbons (Fsp3) is 0. The van der Waals surface area contributed by atoms with Gasteiger partial charge in [-0.15, -0.1) is 6.42 Å². The number of sulfone groups is 1. The molecule has 2 aromatic carbocycles. The summed E-state index contributed by atoms with van der Waals surface area (Å²) in [4.78, 5) is -0.0794. The second-order valence-electron chi connectivity index (χ2n) is 4.01. The molecule has 5 heteroatoms. The Kier molecular flexibility index (Phi) is 3.47. The topological polar surface area (TPSA) is 83.9 Å². The number of anilines is 1. The maximum absolute atomic E-state index is 12.6. The minimum absolute atomic E-state index is 0.0371. The van der Waals surface area contributed by atoms with E-state index in [1.165, 1.54) is 30.3 Å². The summed E-state index contributed by atoms with van der Waals surface area (Å²) in [7, 11) is -3.83. The van der Waals surface area contributed by atoms with Crippen molar-refractivity contribution in [3.63, 3.8) is 0 Å². The molecule has 0 saturated heterocycles. The van der Waals surface area contributed by atoms with Gasteiger partial charge in [0.05, 0.1) is 21.0 Å². The summed E-state index contributed by atoms with van der Waals surface area (Å²) in [5.74, 6) is 2.38. The molecule has 0 bridgehead atoms. The van der Waals surface area contributed by atoms with Crippen LogP contribution in [0.15, 0.2) is 52.3 Å². The van der Waals surface area contributed by atoms with Crippen molar-refractivity contribution >= 4 is 15.5 Å². The molecule has 0 aliphatic heterocycles. The van der Waals surface area contributed by atoms with Crippen molar-refractivity contribution in [3.05, 3.63) is 53.6 Å². The van der Waals surface area contributed by atoms with Crippen molar-refractivity contribution in [2.75, 3.05) is 5.73 Å². The van der Waals surface area contributed by atoms with Crippen molar-refractivity contribution < 1.29 is 8.42 Å². The van der Waals surface area contributed by atoms with Gasteiger partial charge in [-0.2, -0.15) is 5.26 Å². The van der Waals surface area contributed by atoms with Crippen LogP contribution in [0, 0.1) is 23.7 Å². The highest BCUT2D eigenvalue weighted by Gasteiger charge is 2.22. The van der Waals surface area contributed by atoms with Gasteiger partial charge in [0.15, 0.2) is 0 Å². The first-order chi connectivity index (χ1) is 9.50. The highest BCUT2D eigenvalue weighted by molar-refractivity contribution is 7.91. The number of hydrogen-bond donors (Lipinski definition) is 1. The maximum atomic E-state index is 12.6. The van der Waals surface area contributed by atoms with E-state index in [0.29, 0.717) is 5.56 Å². The lowest BCUT2D eigenvalue weighted by Crippen LogP contribution is -2.06. The lowest BCUT2D eigenvalue weighted by Gasteiger charge is -2.08. The van der Waals surface area contributed by atoms with E-state index < -0.39 is 9.84 Å². The molecule has 0 radical (unpaired) electrons. The molecule has 0 atom stereocenters. The molecule has 0 amide bonds. The van der Waals surface area contributed by atoms with Crippen LogP contribution in [0.1, 0.15) is 11.1 Å². The van der Waals surface area contributed by atoms with E-state index in [1.807, 2.05) is 6.07 Å². The Morgan fingerprint density at radius 2 is 1.85 bits per heavy atom. The van der Waals surface area contributed by atoms with Crippen LogP contribution in [-0.2, 0) is 9.84 Å². The first-order valence-electron chi connectivity index (χ1n) is 5.61. The number of nitrogens with zero attached hydrogens (tertiary/aromatic N) is 1. The lowest BCUT2D eigenvalue weighted by atomic mass is 10.2. The summed E-state index contributed by atoms with van der Waals surface area (Å²) in [6.45, 7) is 0. The van der Waals surface area contributed by atoms with E-state index in [1.54, 1.807) is 12.1 Å². The zero-order valence-electron chi connectivity index (χ0n) is 10.4. The van der Waals surface area contributed by atoms with Crippen LogP contribution in [0.25, 0.3) is 0 Å². The largest absolute Gasteiger partial charge is 0.398 e. The molecule has 0 aliphatic carbocycles. The van der Waals surface area contributed by atoms with E-state index in [4.69, 9.17) is 17.4 Å². The van der Waals surface area contributed by atoms with Crippen LogP contribution in [0.2, 0.25) is 0 Å². The Hall–Kier alpha value is -2.76. The Labute approximate surface area is 117 Å². The van der Waals surface area contributed by atoms with Crippen LogP contribution in [0.3, 0.4) is 0 Å². The Morgan fingerprint density at radius 1 is 1.15 bits per heavy atom. The average molecular weight is 282 g/mol. The minimum Gasteiger partial charge on any atom is -0.398 e. The van der Waals surface area contributed by atoms with Gasteiger partial charge in [0.25, 0.3) is 0 Å². The monoisotopic (exact) mass is 282 g/mol. The fourth-order valence-corrected chi connectivity index (χ4v) is 3.26. The predicted octanol–water partition coefficient (Wildman–Crippen LogP) is 1.95. The standard InChI is InChI=1S/C15H10N2O2S/c1-2-11-5-3-6-12(9-11)20(18,19)15-8-4-7-14(17)13(15)10-16/h1,3-9H,17H2. The molecule has 0 aromatic heterocycles. The van der Waals surface area contributed by atoms with E-state index in [9.17, 15) is 8.42 Å². The highest BCUT2D eigenvalue weighted by atomic mass is 32.2. The molecule has 2 aromatic rings. The summed E-state index contributed by atoms with van der Waals surface area (Å²) in [5.41, 5.74) is 6.17. The van der Waals surface area contributed by atoms with E-state index in [-0.39, 0.29) is 21.0 Å². The smallest absolute Gasteiger partial charge is 0.208 e. The van der Waals surface area contributed by atoms with E-state index in [2.05, 4.69) is 5.92 Å². The van der Waals surface area contributed by atoms with Crippen molar-refractivity contribution in [1.29, 1.82) is 5.26 Å². The molecule has 4 nitrogen and oxygen atoms in total. The lowest BCUT2D eigenvalue weighted by molar-refractivity contribution is 0.596. The highest BCUT2D eigenvalue weighted by Crippen LogP contribution is 2.27. The molecule has 0 fully saturated rings. The second kappa shape index (κ2) is 5.08. The van der Waals surface area contributed by atoms with Gasteiger partial charge in [-0.05, 0) is 30.3 Å². The van der Waals surface area contributed by atoms with Gasteiger partial charge < -0.3 is 5.73 Å². The van der Waals surface area contributed by atoms with Crippen LogP contribution in [0.5, 0.6) is 0 Å². The molecule has 0 heterocycles. The first kappa shape index (κ1) is 13.7. The number of nitrogen functional groups attached to an aromatic ring is 1. The number of rotatable bonds is 2. The molecule has 0 spiro atoms. The Bertz CT molecular complexity index is 856. The molecule has 0 unspecified atom stereocenters. The zero-order chi connectivity index (χ0) is 14.8. The van der Waals surface area contributed by atoms with Gasteiger partial charge >= 0.3 is 0 Å². The molecule has 20 heavy (non-hydrogen) atoms. The summed E-state index contributed by atoms with van der Waals surface area (Å²) < 4.78 is 25.1. The predicted molar refractivity (Wildman–Crippen MR) is 75.4 cm³/mol. The summed E-state index contributed by atoms with van der Waals surface area (Å²) in [6.07, 6.45) is 5.26. The van der Waals surface area contributed by atoms with Crippen molar-refractivity contribution in [3.8, 4) is 18.4 Å². The maximum Gasteiger partial charge on any atom is 0.208 e. The molecule has 98 valence electrons. The van der Waals surface area contributed by atoms with E-state index >= 15 is 0 Å². The quantitative estimate of drug-likeness (QED) is 0.674. The van der Waals surface area contributed by atoms with Crippen molar-refractivity contribution in [2.24, 2.45) is 0 Å². The summed E-state index contributed by atoms with van der Waals surface area (Å²) in [6, 6.07) is 12.2. The molecule has 0 saturated carbocycles. The Balaban J connectivity index is 2.72. The normalized spacial score (nSPS) is 10.5. The van der Waals surface area contributed by atoms with Gasteiger partial charge in [-0.25, -0.2) is 8.42 Å². The number of nitrogens with two attached hydrogens (primary N) is 1. The van der Waals surface area contributed by atoms with E-state index in [0.717, 1.165) is 0 Å². The molecule has 2 rings (SSSR count). The summed E-state index contributed by atoms with van der Waals surface area (Å²) >= 11 is 0. The van der Waals surface area contributed by atoms with Gasteiger partial charge in [0.2, 0.25) is 9.84 Å². The fourth-order valence-electron chi connectivity index (χ4n) is 1.77. The van der Waals surface area contributed by atoms with Gasteiger partial charge in [-0.1, -0.05) is 18.1 Å². The van der Waals surface area contributed by atoms with Crippen molar-refractivity contribution in [2.45, 2.75) is 9.79 Å². The van der Waals surface area contributed by atoms with Gasteiger partial charge in [0, 0.05) is 5.56 Å². The number of nitriles is 1. The molecular weight excluding hydrogens is 272 g/mol. The van der Waals surface area contributed by atoms with Gasteiger partial charge in [-0.3, -0.25) is 0 Å². The molecule has 0 aliphatic rings. The minimum atomic E-state index is -3.83. The van der Waals surface area contributed by atoms with Crippen LogP contribution < -0.4 is 5.73 Å². The third kappa shape index (κ3) is 2.23. The van der Waals surface area contributed by atoms with Crippen LogP contribution in [-0.4, -0.2) is 8.42 Å². The SMILES string of the molecule is C#Cc1cccc(S(=O)(=O)c2cccc(N)c2C#N)c1. The second-order valence-corrected chi connectivity index (χ2v) is 5.93. The number of benzene rings is 2.